The number of anilines is 2. The molecular formula is C21H24N4O3. The highest BCUT2D eigenvalue weighted by Gasteiger charge is 2.19. The van der Waals surface area contributed by atoms with Crippen LogP contribution in [0.25, 0.3) is 0 Å². The Bertz CT molecular complexity index is 858. The van der Waals surface area contributed by atoms with Crippen LogP contribution in [0.3, 0.4) is 0 Å². The van der Waals surface area contributed by atoms with Crippen LogP contribution in [0.2, 0.25) is 0 Å². The molecule has 3 N–H and O–H groups in total. The quantitative estimate of drug-likeness (QED) is 0.717. The molecule has 3 amide bonds. The molecular weight excluding hydrogens is 356 g/mol. The molecule has 0 aromatic heterocycles. The molecule has 0 unspecified atom stereocenters. The predicted molar refractivity (Wildman–Crippen MR) is 109 cm³/mol. The molecule has 0 atom stereocenters. The lowest BCUT2D eigenvalue weighted by Gasteiger charge is -2.16. The molecule has 2 aromatic carbocycles. The largest absolute Gasteiger partial charge is 0.376 e. The van der Waals surface area contributed by atoms with E-state index in [0.717, 1.165) is 31.6 Å². The molecule has 0 saturated carbocycles. The third kappa shape index (κ3) is 4.88. The lowest BCUT2D eigenvalue weighted by molar-refractivity contribution is -0.114. The summed E-state index contributed by atoms with van der Waals surface area (Å²) < 4.78 is 0. The predicted octanol–water partition coefficient (Wildman–Crippen LogP) is 2.33. The summed E-state index contributed by atoms with van der Waals surface area (Å²) in [6, 6.07) is 13.8. The second-order valence-corrected chi connectivity index (χ2v) is 6.64. The summed E-state index contributed by atoms with van der Waals surface area (Å²) in [5.41, 5.74) is 2.47. The van der Waals surface area contributed by atoms with Crippen molar-refractivity contribution in [3.8, 4) is 0 Å². The van der Waals surface area contributed by atoms with Crippen LogP contribution in [-0.4, -0.2) is 49.3 Å². The van der Waals surface area contributed by atoms with Crippen LogP contribution in [0.1, 0.15) is 33.6 Å². The second kappa shape index (κ2) is 9.03. The van der Waals surface area contributed by atoms with Crippen LogP contribution < -0.4 is 16.0 Å². The molecule has 1 fully saturated rings. The minimum atomic E-state index is -0.219. The standard InChI is InChI=1S/C21H24N4O3/c1-22-20(27)15-7-9-17(10-8-15)24-19(26)14-23-18-6-4-5-16(13-18)21(28)25-11-2-3-12-25/h4-10,13,23H,2-3,11-12,14H2,1H3,(H,22,27)(H,24,26). The van der Waals surface area contributed by atoms with Crippen molar-refractivity contribution in [1.29, 1.82) is 0 Å². The fraction of sp³-hybridized carbons (Fsp3) is 0.286. The van der Waals surface area contributed by atoms with Crippen LogP contribution in [0.5, 0.6) is 0 Å². The van der Waals surface area contributed by atoms with Crippen molar-refractivity contribution in [3.63, 3.8) is 0 Å². The van der Waals surface area contributed by atoms with E-state index < -0.39 is 0 Å². The molecule has 146 valence electrons. The van der Waals surface area contributed by atoms with E-state index in [0.29, 0.717) is 16.8 Å². The maximum absolute atomic E-state index is 12.5. The Labute approximate surface area is 164 Å². The normalized spacial score (nSPS) is 13.1. The molecule has 2 aromatic rings. The Morgan fingerprint density at radius 3 is 2.32 bits per heavy atom. The highest BCUT2D eigenvalue weighted by Crippen LogP contribution is 2.16. The third-order valence-electron chi connectivity index (χ3n) is 4.61. The van der Waals surface area contributed by atoms with Gasteiger partial charge in [-0.2, -0.15) is 0 Å². The van der Waals surface area contributed by atoms with Gasteiger partial charge in [0.2, 0.25) is 5.91 Å². The van der Waals surface area contributed by atoms with Crippen molar-refractivity contribution in [2.75, 3.05) is 37.3 Å². The number of likely N-dealkylation sites (tertiary alicyclic amines) is 1. The molecule has 7 nitrogen and oxygen atoms in total. The number of carbonyl (C=O) groups is 3. The van der Waals surface area contributed by atoms with Crippen LogP contribution in [-0.2, 0) is 4.79 Å². The summed E-state index contributed by atoms with van der Waals surface area (Å²) in [4.78, 5) is 38.0. The lowest BCUT2D eigenvalue weighted by atomic mass is 10.1. The van der Waals surface area contributed by atoms with Gasteiger partial charge in [-0.3, -0.25) is 14.4 Å². The molecule has 1 aliphatic heterocycles. The zero-order valence-electron chi connectivity index (χ0n) is 15.8. The number of amides is 3. The molecule has 7 heteroatoms. The van der Waals surface area contributed by atoms with E-state index in [1.165, 1.54) is 0 Å². The number of hydrogen-bond acceptors (Lipinski definition) is 4. The van der Waals surface area contributed by atoms with Gasteiger partial charge in [0.05, 0.1) is 6.54 Å². The van der Waals surface area contributed by atoms with E-state index in [9.17, 15) is 14.4 Å². The molecule has 0 spiro atoms. The molecule has 28 heavy (non-hydrogen) atoms. The van der Waals surface area contributed by atoms with Gasteiger partial charge in [0, 0.05) is 42.6 Å². The number of hydrogen-bond donors (Lipinski definition) is 3. The van der Waals surface area contributed by atoms with Gasteiger partial charge in [0.1, 0.15) is 0 Å². The van der Waals surface area contributed by atoms with Gasteiger partial charge >= 0.3 is 0 Å². The van der Waals surface area contributed by atoms with Crippen molar-refractivity contribution < 1.29 is 14.4 Å². The van der Waals surface area contributed by atoms with Crippen LogP contribution in [0.15, 0.2) is 48.5 Å². The van der Waals surface area contributed by atoms with Gasteiger partial charge in [-0.05, 0) is 55.3 Å². The highest BCUT2D eigenvalue weighted by molar-refractivity contribution is 5.97. The van der Waals surface area contributed by atoms with E-state index in [4.69, 9.17) is 0 Å². The fourth-order valence-corrected chi connectivity index (χ4v) is 3.10. The Hall–Kier alpha value is -3.35. The number of rotatable bonds is 6. The van der Waals surface area contributed by atoms with Gasteiger partial charge in [-0.1, -0.05) is 6.07 Å². The zero-order chi connectivity index (χ0) is 19.9. The Morgan fingerprint density at radius 2 is 1.64 bits per heavy atom. The molecule has 1 aliphatic rings. The molecule has 1 heterocycles. The number of carbonyl (C=O) groups excluding carboxylic acids is 3. The Kier molecular flexibility index (Phi) is 6.26. The van der Waals surface area contributed by atoms with Gasteiger partial charge < -0.3 is 20.9 Å². The summed E-state index contributed by atoms with van der Waals surface area (Å²) in [7, 11) is 1.57. The topological polar surface area (TPSA) is 90.5 Å². The molecule has 3 rings (SSSR count). The summed E-state index contributed by atoms with van der Waals surface area (Å²) in [5.74, 6) is -0.367. The molecule has 0 bridgehead atoms. The average Bonchev–Trinajstić information content (AvgIpc) is 3.27. The zero-order valence-corrected chi connectivity index (χ0v) is 15.8. The van der Waals surface area contributed by atoms with Crippen LogP contribution in [0, 0.1) is 0 Å². The van der Waals surface area contributed by atoms with E-state index in [2.05, 4.69) is 16.0 Å². The number of benzene rings is 2. The van der Waals surface area contributed by atoms with E-state index >= 15 is 0 Å². The minimum absolute atomic E-state index is 0.0295. The molecule has 1 saturated heterocycles. The van der Waals surface area contributed by atoms with Gasteiger partial charge in [-0.25, -0.2) is 0 Å². The smallest absolute Gasteiger partial charge is 0.253 e. The maximum Gasteiger partial charge on any atom is 0.253 e. The lowest BCUT2D eigenvalue weighted by Crippen LogP contribution is -2.27. The first-order valence-electron chi connectivity index (χ1n) is 9.32. The van der Waals surface area contributed by atoms with E-state index in [-0.39, 0.29) is 24.3 Å². The van der Waals surface area contributed by atoms with Crippen LogP contribution in [0.4, 0.5) is 11.4 Å². The summed E-state index contributed by atoms with van der Waals surface area (Å²) in [6.45, 7) is 1.67. The number of nitrogens with one attached hydrogen (secondary N) is 3. The maximum atomic E-state index is 12.5. The summed E-state index contributed by atoms with van der Waals surface area (Å²) in [5, 5.41) is 8.36. The second-order valence-electron chi connectivity index (χ2n) is 6.64. The fourth-order valence-electron chi connectivity index (χ4n) is 3.10. The molecule has 0 radical (unpaired) electrons. The first-order chi connectivity index (χ1) is 13.6. The van der Waals surface area contributed by atoms with E-state index in [1.807, 2.05) is 11.0 Å². The third-order valence-corrected chi connectivity index (χ3v) is 4.61. The molecule has 0 aliphatic carbocycles. The van der Waals surface area contributed by atoms with Crippen molar-refractivity contribution in [1.82, 2.24) is 10.2 Å². The monoisotopic (exact) mass is 380 g/mol. The first kappa shape index (κ1) is 19.4. The van der Waals surface area contributed by atoms with E-state index in [1.54, 1.807) is 49.5 Å². The van der Waals surface area contributed by atoms with Gasteiger partial charge in [0.25, 0.3) is 11.8 Å². The number of nitrogens with zero attached hydrogens (tertiary/aromatic N) is 1. The SMILES string of the molecule is CNC(=O)c1ccc(NC(=O)CNc2cccc(C(=O)N3CCCC3)c2)cc1. The van der Waals surface area contributed by atoms with Gasteiger partial charge in [-0.15, -0.1) is 0 Å². The summed E-state index contributed by atoms with van der Waals surface area (Å²) in [6.07, 6.45) is 2.10. The van der Waals surface area contributed by atoms with Crippen molar-refractivity contribution in [2.45, 2.75) is 12.8 Å². The van der Waals surface area contributed by atoms with Crippen LogP contribution >= 0.6 is 0 Å². The van der Waals surface area contributed by atoms with Crippen molar-refractivity contribution in [2.24, 2.45) is 0 Å². The summed E-state index contributed by atoms with van der Waals surface area (Å²) >= 11 is 0. The Morgan fingerprint density at radius 1 is 0.929 bits per heavy atom. The average molecular weight is 380 g/mol. The highest BCUT2D eigenvalue weighted by atomic mass is 16.2. The van der Waals surface area contributed by atoms with Crippen molar-refractivity contribution >= 4 is 29.1 Å². The van der Waals surface area contributed by atoms with Crippen molar-refractivity contribution in [3.05, 3.63) is 59.7 Å². The Balaban J connectivity index is 1.53. The van der Waals surface area contributed by atoms with Gasteiger partial charge in [0.15, 0.2) is 0 Å². The first-order valence-corrected chi connectivity index (χ1v) is 9.32. The minimum Gasteiger partial charge on any atom is -0.376 e.